The van der Waals surface area contributed by atoms with Crippen LogP contribution in [0.3, 0.4) is 0 Å². The molecule has 1 unspecified atom stereocenters. The van der Waals surface area contributed by atoms with Crippen LogP contribution in [-0.2, 0) is 9.59 Å². The number of thioether (sulfide) groups is 2. The highest BCUT2D eigenvalue weighted by Gasteiger charge is 2.18. The van der Waals surface area contributed by atoms with Gasteiger partial charge in [-0.3, -0.25) is 9.59 Å². The molecular weight excluding hydrogens is 312 g/mol. The summed E-state index contributed by atoms with van der Waals surface area (Å²) in [7, 11) is 0. The first-order chi connectivity index (χ1) is 10.5. The highest BCUT2D eigenvalue weighted by molar-refractivity contribution is 8.01. The molecule has 0 aromatic heterocycles. The summed E-state index contributed by atoms with van der Waals surface area (Å²) in [6.07, 6.45) is 6.03. The maximum absolute atomic E-state index is 12.2. The maximum atomic E-state index is 12.2. The molecule has 0 heterocycles. The zero-order valence-corrected chi connectivity index (χ0v) is 16.5. The van der Waals surface area contributed by atoms with E-state index >= 15 is 0 Å². The van der Waals surface area contributed by atoms with Gasteiger partial charge in [0.1, 0.15) is 11.6 Å². The summed E-state index contributed by atoms with van der Waals surface area (Å²) in [5, 5.41) is 0.177. The molecular formula is C18H34O2S2. The molecule has 0 N–H and O–H groups in total. The fourth-order valence-electron chi connectivity index (χ4n) is 2.12. The van der Waals surface area contributed by atoms with E-state index < -0.39 is 0 Å². The topological polar surface area (TPSA) is 34.1 Å². The van der Waals surface area contributed by atoms with Gasteiger partial charge < -0.3 is 0 Å². The van der Waals surface area contributed by atoms with E-state index in [0.717, 1.165) is 55.8 Å². The number of carbonyl (C=O) groups is 2. The van der Waals surface area contributed by atoms with Crippen molar-refractivity contribution < 1.29 is 9.59 Å². The molecule has 0 radical (unpaired) electrons. The van der Waals surface area contributed by atoms with Crippen LogP contribution >= 0.6 is 23.5 Å². The van der Waals surface area contributed by atoms with Crippen molar-refractivity contribution in [1.82, 2.24) is 0 Å². The van der Waals surface area contributed by atoms with Crippen LogP contribution in [0.1, 0.15) is 72.6 Å². The molecule has 0 rings (SSSR count). The summed E-state index contributed by atoms with van der Waals surface area (Å²) in [5.41, 5.74) is 0. The lowest BCUT2D eigenvalue weighted by Gasteiger charge is -2.16. The molecule has 0 aliphatic heterocycles. The Morgan fingerprint density at radius 2 is 1.64 bits per heavy atom. The van der Waals surface area contributed by atoms with E-state index in [-0.39, 0.29) is 5.25 Å². The van der Waals surface area contributed by atoms with Crippen molar-refractivity contribution in [2.45, 2.75) is 77.9 Å². The highest BCUT2D eigenvalue weighted by atomic mass is 32.2. The zero-order valence-electron chi connectivity index (χ0n) is 14.9. The fourth-order valence-corrected chi connectivity index (χ4v) is 4.43. The maximum Gasteiger partial charge on any atom is 0.145 e. The summed E-state index contributed by atoms with van der Waals surface area (Å²) in [6, 6.07) is 0. The smallest absolute Gasteiger partial charge is 0.145 e. The van der Waals surface area contributed by atoms with E-state index in [2.05, 4.69) is 27.7 Å². The van der Waals surface area contributed by atoms with Gasteiger partial charge in [0, 0.05) is 19.3 Å². The average Bonchev–Trinajstić information content (AvgIpc) is 2.45. The summed E-state index contributed by atoms with van der Waals surface area (Å²) >= 11 is 3.73. The third-order valence-electron chi connectivity index (χ3n) is 3.28. The summed E-state index contributed by atoms with van der Waals surface area (Å²) < 4.78 is 0. The van der Waals surface area contributed by atoms with Crippen LogP contribution in [0, 0.1) is 5.92 Å². The average molecular weight is 347 g/mol. The summed E-state index contributed by atoms with van der Waals surface area (Å²) in [6.45, 7) is 8.53. The Morgan fingerprint density at radius 1 is 0.955 bits per heavy atom. The lowest BCUT2D eigenvalue weighted by molar-refractivity contribution is -0.119. The number of carbonyl (C=O) groups excluding carboxylic acids is 2. The molecule has 1 atom stereocenters. The SMILES string of the molecule is CCCC(=O)CCCSCCC(SCC(C)C)C(=O)CCC. The van der Waals surface area contributed by atoms with Crippen LogP contribution < -0.4 is 0 Å². The molecule has 4 heteroatoms. The third-order valence-corrected chi connectivity index (χ3v) is 6.15. The van der Waals surface area contributed by atoms with Crippen LogP contribution in [0.5, 0.6) is 0 Å². The second kappa shape index (κ2) is 14.6. The number of hydrogen-bond acceptors (Lipinski definition) is 4. The number of ketones is 2. The molecule has 22 heavy (non-hydrogen) atoms. The van der Waals surface area contributed by atoms with E-state index in [1.54, 1.807) is 0 Å². The normalized spacial score (nSPS) is 12.6. The lowest BCUT2D eigenvalue weighted by Crippen LogP contribution is -2.19. The first kappa shape index (κ1) is 22.0. The third kappa shape index (κ3) is 12.6. The molecule has 0 amide bonds. The Balaban J connectivity index is 3.87. The van der Waals surface area contributed by atoms with Crippen molar-refractivity contribution in [3.8, 4) is 0 Å². The fraction of sp³-hybridized carbons (Fsp3) is 0.889. The zero-order chi connectivity index (χ0) is 16.8. The Labute approximate surface area is 146 Å². The quantitative estimate of drug-likeness (QED) is 0.372. The minimum absolute atomic E-state index is 0.177. The van der Waals surface area contributed by atoms with Crippen molar-refractivity contribution in [1.29, 1.82) is 0 Å². The molecule has 0 aromatic carbocycles. The molecule has 0 bridgehead atoms. The monoisotopic (exact) mass is 346 g/mol. The van der Waals surface area contributed by atoms with Crippen molar-refractivity contribution in [2.24, 2.45) is 5.92 Å². The van der Waals surface area contributed by atoms with Crippen molar-refractivity contribution in [2.75, 3.05) is 17.3 Å². The first-order valence-corrected chi connectivity index (χ1v) is 10.9. The molecule has 0 fully saturated rings. The lowest BCUT2D eigenvalue weighted by atomic mass is 10.1. The van der Waals surface area contributed by atoms with Crippen molar-refractivity contribution in [3.63, 3.8) is 0 Å². The molecule has 0 saturated heterocycles. The number of rotatable bonds is 15. The van der Waals surface area contributed by atoms with E-state index in [0.29, 0.717) is 23.9 Å². The first-order valence-electron chi connectivity index (χ1n) is 8.74. The van der Waals surface area contributed by atoms with Crippen LogP contribution in [0.25, 0.3) is 0 Å². The van der Waals surface area contributed by atoms with E-state index in [4.69, 9.17) is 0 Å². The van der Waals surface area contributed by atoms with E-state index in [1.165, 1.54) is 0 Å². The minimum atomic E-state index is 0.177. The van der Waals surface area contributed by atoms with Gasteiger partial charge in [0.05, 0.1) is 5.25 Å². The van der Waals surface area contributed by atoms with Crippen LogP contribution in [0.15, 0.2) is 0 Å². The highest BCUT2D eigenvalue weighted by Crippen LogP contribution is 2.23. The van der Waals surface area contributed by atoms with Gasteiger partial charge in [0.25, 0.3) is 0 Å². The van der Waals surface area contributed by atoms with E-state index in [1.807, 2.05) is 23.5 Å². The molecule has 2 nitrogen and oxygen atoms in total. The van der Waals surface area contributed by atoms with Gasteiger partial charge in [0.15, 0.2) is 0 Å². The number of hydrogen-bond donors (Lipinski definition) is 0. The van der Waals surface area contributed by atoms with Gasteiger partial charge in [-0.25, -0.2) is 0 Å². The molecule has 0 aromatic rings. The predicted octanol–water partition coefficient (Wildman–Crippen LogP) is 5.39. The number of Topliss-reactive ketones (excluding diaryl/α,β-unsaturated/α-hetero) is 2. The second-order valence-electron chi connectivity index (χ2n) is 6.23. The minimum Gasteiger partial charge on any atom is -0.300 e. The Kier molecular flexibility index (Phi) is 14.6. The van der Waals surface area contributed by atoms with Gasteiger partial charge in [-0.05, 0) is 48.9 Å². The van der Waals surface area contributed by atoms with Crippen LogP contribution in [0.2, 0.25) is 0 Å². The predicted molar refractivity (Wildman–Crippen MR) is 102 cm³/mol. The van der Waals surface area contributed by atoms with Crippen LogP contribution in [0.4, 0.5) is 0 Å². The van der Waals surface area contributed by atoms with Crippen molar-refractivity contribution >= 4 is 35.1 Å². The standard InChI is InChI=1S/C18H34O2S2/c1-5-8-16(19)10-7-12-21-13-11-18(17(20)9-6-2)22-14-15(3)4/h15,18H,5-14H2,1-4H3. The summed E-state index contributed by atoms with van der Waals surface area (Å²) in [4.78, 5) is 23.6. The Bertz CT molecular complexity index is 303. The van der Waals surface area contributed by atoms with Gasteiger partial charge >= 0.3 is 0 Å². The second-order valence-corrected chi connectivity index (χ2v) is 8.69. The van der Waals surface area contributed by atoms with E-state index in [9.17, 15) is 9.59 Å². The Morgan fingerprint density at radius 3 is 2.23 bits per heavy atom. The van der Waals surface area contributed by atoms with Gasteiger partial charge in [-0.2, -0.15) is 23.5 Å². The molecule has 0 spiro atoms. The van der Waals surface area contributed by atoms with Crippen molar-refractivity contribution in [3.05, 3.63) is 0 Å². The summed E-state index contributed by atoms with van der Waals surface area (Å²) in [5.74, 6) is 4.60. The molecule has 0 aliphatic carbocycles. The Hall–Kier alpha value is 0.0400. The van der Waals surface area contributed by atoms with Crippen LogP contribution in [-0.4, -0.2) is 34.1 Å². The van der Waals surface area contributed by atoms with Gasteiger partial charge in [-0.1, -0.05) is 27.7 Å². The molecule has 0 aliphatic rings. The van der Waals surface area contributed by atoms with Gasteiger partial charge in [-0.15, -0.1) is 0 Å². The largest absolute Gasteiger partial charge is 0.300 e. The van der Waals surface area contributed by atoms with Gasteiger partial charge in [0.2, 0.25) is 0 Å². The molecule has 0 saturated carbocycles. The molecule has 130 valence electrons.